The number of nitrogens with one attached hydrogen (secondary N) is 1. The Morgan fingerprint density at radius 1 is 0.893 bits per heavy atom. The van der Waals surface area contributed by atoms with E-state index >= 15 is 0 Å². The van der Waals surface area contributed by atoms with Crippen LogP contribution in [0.15, 0.2) is 72.8 Å². The summed E-state index contributed by atoms with van der Waals surface area (Å²) in [5.41, 5.74) is 3.01. The number of ether oxygens (including phenoxy) is 1. The normalized spacial score (nSPS) is 11.1. The first kappa shape index (κ1) is 19.6. The monoisotopic (exact) mass is 399 g/mol. The van der Waals surface area contributed by atoms with Crippen LogP contribution in [0.1, 0.15) is 15.9 Å². The first-order valence-electron chi connectivity index (χ1n) is 8.40. The standard InChI is InChI=1S/C21H18FNO4S/c1-27-21(24)18-4-2-15(3-5-18)14-28(25,26)23-20-12-8-17(9-13-20)16-6-10-19(22)11-7-16/h2-13,23H,14H2,1H3. The van der Waals surface area contributed by atoms with Gasteiger partial charge in [-0.1, -0.05) is 36.4 Å². The Balaban J connectivity index is 1.68. The predicted octanol–water partition coefficient (Wildman–Crippen LogP) is 4.22. The van der Waals surface area contributed by atoms with Crippen LogP contribution < -0.4 is 4.72 Å². The fourth-order valence-electron chi connectivity index (χ4n) is 2.66. The lowest BCUT2D eigenvalue weighted by molar-refractivity contribution is 0.0600. The molecule has 0 bridgehead atoms. The smallest absolute Gasteiger partial charge is 0.337 e. The van der Waals surface area contributed by atoms with E-state index in [-0.39, 0.29) is 11.6 Å². The van der Waals surface area contributed by atoms with Crippen molar-refractivity contribution in [1.29, 1.82) is 0 Å². The highest BCUT2D eigenvalue weighted by molar-refractivity contribution is 7.91. The van der Waals surface area contributed by atoms with Crippen LogP contribution in [0, 0.1) is 5.82 Å². The molecule has 0 spiro atoms. The zero-order chi connectivity index (χ0) is 20.1. The van der Waals surface area contributed by atoms with Crippen LogP contribution in [-0.2, 0) is 20.5 Å². The Hall–Kier alpha value is -3.19. The molecule has 1 N–H and O–H groups in total. The van der Waals surface area contributed by atoms with Crippen molar-refractivity contribution in [2.24, 2.45) is 0 Å². The summed E-state index contributed by atoms with van der Waals surface area (Å²) in [4.78, 5) is 11.4. The maximum atomic E-state index is 13.0. The molecule has 3 rings (SSSR count). The molecule has 0 aliphatic rings. The molecule has 0 saturated carbocycles. The Kier molecular flexibility index (Phi) is 5.75. The van der Waals surface area contributed by atoms with Crippen LogP contribution in [0.25, 0.3) is 11.1 Å². The molecule has 0 saturated heterocycles. The second-order valence-corrected chi connectivity index (χ2v) is 7.86. The molecule has 144 valence electrons. The summed E-state index contributed by atoms with van der Waals surface area (Å²) >= 11 is 0. The van der Waals surface area contributed by atoms with E-state index in [1.165, 1.54) is 31.4 Å². The van der Waals surface area contributed by atoms with E-state index in [2.05, 4.69) is 9.46 Å². The van der Waals surface area contributed by atoms with Crippen LogP contribution >= 0.6 is 0 Å². The first-order valence-corrected chi connectivity index (χ1v) is 10.1. The van der Waals surface area contributed by atoms with Gasteiger partial charge in [0.1, 0.15) is 5.82 Å². The lowest BCUT2D eigenvalue weighted by atomic mass is 10.1. The summed E-state index contributed by atoms with van der Waals surface area (Å²) in [5.74, 6) is -1.02. The van der Waals surface area contributed by atoms with E-state index in [9.17, 15) is 17.6 Å². The van der Waals surface area contributed by atoms with E-state index in [1.54, 1.807) is 48.5 Å². The SMILES string of the molecule is COC(=O)c1ccc(CS(=O)(=O)Nc2ccc(-c3ccc(F)cc3)cc2)cc1. The van der Waals surface area contributed by atoms with Crippen molar-refractivity contribution in [3.05, 3.63) is 89.7 Å². The molecular formula is C21H18FNO4S. The van der Waals surface area contributed by atoms with Gasteiger partial charge in [-0.3, -0.25) is 4.72 Å². The molecular weight excluding hydrogens is 381 g/mol. The molecule has 0 radical (unpaired) electrons. The second kappa shape index (κ2) is 8.22. The number of rotatable bonds is 6. The van der Waals surface area contributed by atoms with Crippen LogP contribution in [0.5, 0.6) is 0 Å². The number of anilines is 1. The summed E-state index contributed by atoms with van der Waals surface area (Å²) < 4.78 is 44.9. The van der Waals surface area contributed by atoms with Crippen LogP contribution in [0.3, 0.4) is 0 Å². The maximum Gasteiger partial charge on any atom is 0.337 e. The zero-order valence-electron chi connectivity index (χ0n) is 15.1. The van der Waals surface area contributed by atoms with Crippen molar-refractivity contribution in [3.8, 4) is 11.1 Å². The Bertz CT molecular complexity index is 1060. The molecule has 0 amide bonds. The lowest BCUT2D eigenvalue weighted by Crippen LogP contribution is -2.15. The minimum atomic E-state index is -3.63. The third-order valence-electron chi connectivity index (χ3n) is 4.07. The minimum absolute atomic E-state index is 0.228. The molecule has 0 fully saturated rings. The largest absolute Gasteiger partial charge is 0.465 e. The van der Waals surface area contributed by atoms with Gasteiger partial charge in [0.15, 0.2) is 0 Å². The molecule has 5 nitrogen and oxygen atoms in total. The molecule has 3 aromatic carbocycles. The van der Waals surface area contributed by atoms with Gasteiger partial charge >= 0.3 is 5.97 Å². The molecule has 0 aliphatic carbocycles. The number of esters is 1. The van der Waals surface area contributed by atoms with Crippen molar-refractivity contribution in [2.45, 2.75) is 5.75 Å². The molecule has 0 atom stereocenters. The Morgan fingerprint density at radius 2 is 1.43 bits per heavy atom. The third kappa shape index (κ3) is 4.95. The van der Waals surface area contributed by atoms with Crippen molar-refractivity contribution in [1.82, 2.24) is 0 Å². The van der Waals surface area contributed by atoms with Crippen LogP contribution in [0.4, 0.5) is 10.1 Å². The summed E-state index contributed by atoms with van der Waals surface area (Å²) in [6.45, 7) is 0. The minimum Gasteiger partial charge on any atom is -0.465 e. The van der Waals surface area contributed by atoms with Gasteiger partial charge in [0.05, 0.1) is 18.4 Å². The highest BCUT2D eigenvalue weighted by Crippen LogP contribution is 2.22. The van der Waals surface area contributed by atoms with Gasteiger partial charge in [0.2, 0.25) is 10.0 Å². The average molecular weight is 399 g/mol. The molecule has 28 heavy (non-hydrogen) atoms. The fraction of sp³-hybridized carbons (Fsp3) is 0.0952. The first-order chi connectivity index (χ1) is 13.4. The number of halogens is 1. The van der Waals surface area contributed by atoms with Gasteiger partial charge < -0.3 is 4.74 Å². The van der Waals surface area contributed by atoms with Gasteiger partial charge in [-0.05, 0) is 53.1 Å². The van der Waals surface area contributed by atoms with Crippen LogP contribution in [0.2, 0.25) is 0 Å². The van der Waals surface area contributed by atoms with Gasteiger partial charge in [0, 0.05) is 5.69 Å². The molecule has 0 unspecified atom stereocenters. The Labute approximate surface area is 162 Å². The topological polar surface area (TPSA) is 72.5 Å². The zero-order valence-corrected chi connectivity index (χ0v) is 15.9. The van der Waals surface area contributed by atoms with E-state index in [0.717, 1.165) is 11.1 Å². The van der Waals surface area contributed by atoms with Gasteiger partial charge in [-0.25, -0.2) is 17.6 Å². The van der Waals surface area contributed by atoms with Crippen LogP contribution in [-0.4, -0.2) is 21.5 Å². The quantitative estimate of drug-likeness (QED) is 0.630. The van der Waals surface area contributed by atoms with Crippen molar-refractivity contribution in [3.63, 3.8) is 0 Å². The van der Waals surface area contributed by atoms with Gasteiger partial charge in [-0.15, -0.1) is 0 Å². The highest BCUT2D eigenvalue weighted by Gasteiger charge is 2.13. The molecule has 7 heteroatoms. The number of methoxy groups -OCH3 is 1. The summed E-state index contributed by atoms with van der Waals surface area (Å²) in [6.07, 6.45) is 0. The molecule has 0 aliphatic heterocycles. The van der Waals surface area contributed by atoms with E-state index in [4.69, 9.17) is 0 Å². The number of hydrogen-bond donors (Lipinski definition) is 1. The summed E-state index contributed by atoms with van der Waals surface area (Å²) in [6, 6.07) is 19.1. The van der Waals surface area contributed by atoms with Crippen molar-refractivity contribution < 1.29 is 22.3 Å². The Morgan fingerprint density at radius 3 is 1.96 bits per heavy atom. The van der Waals surface area contributed by atoms with Crippen molar-refractivity contribution >= 4 is 21.7 Å². The van der Waals surface area contributed by atoms with Gasteiger partial charge in [0.25, 0.3) is 0 Å². The second-order valence-electron chi connectivity index (χ2n) is 6.13. The number of hydrogen-bond acceptors (Lipinski definition) is 4. The van der Waals surface area contributed by atoms with E-state index < -0.39 is 16.0 Å². The number of carbonyl (C=O) groups excluding carboxylic acids is 1. The number of sulfonamides is 1. The van der Waals surface area contributed by atoms with Gasteiger partial charge in [-0.2, -0.15) is 0 Å². The van der Waals surface area contributed by atoms with Crippen molar-refractivity contribution in [2.75, 3.05) is 11.8 Å². The van der Waals surface area contributed by atoms with E-state index in [1.807, 2.05) is 0 Å². The lowest BCUT2D eigenvalue weighted by Gasteiger charge is -2.09. The highest BCUT2D eigenvalue weighted by atomic mass is 32.2. The predicted molar refractivity (Wildman–Crippen MR) is 106 cm³/mol. The number of benzene rings is 3. The van der Waals surface area contributed by atoms with E-state index in [0.29, 0.717) is 16.8 Å². The average Bonchev–Trinajstić information content (AvgIpc) is 2.68. The molecule has 0 aromatic heterocycles. The third-order valence-corrected chi connectivity index (χ3v) is 5.33. The summed E-state index contributed by atoms with van der Waals surface area (Å²) in [5, 5.41) is 0. The maximum absolute atomic E-state index is 13.0. The summed E-state index contributed by atoms with van der Waals surface area (Å²) in [7, 11) is -2.34. The number of carbonyl (C=O) groups is 1. The fourth-order valence-corrected chi connectivity index (χ4v) is 3.86. The molecule has 3 aromatic rings. The molecule has 0 heterocycles.